The molecule has 0 aliphatic carbocycles. The van der Waals surface area contributed by atoms with E-state index >= 15 is 0 Å². The minimum absolute atomic E-state index is 0.223. The van der Waals surface area contributed by atoms with Crippen LogP contribution in [0.5, 0.6) is 5.88 Å². The number of aryl methyl sites for hydroxylation is 1. The van der Waals surface area contributed by atoms with Crippen molar-refractivity contribution in [1.29, 1.82) is 0 Å². The van der Waals surface area contributed by atoms with E-state index in [4.69, 9.17) is 4.74 Å². The molecule has 0 unspecified atom stereocenters. The van der Waals surface area contributed by atoms with Crippen LogP contribution in [0.25, 0.3) is 10.9 Å². The zero-order valence-corrected chi connectivity index (χ0v) is 14.1. The molecule has 0 radical (unpaired) electrons. The molecule has 124 valence electrons. The number of allylic oxidation sites excluding steroid dienone is 1. The van der Waals surface area contributed by atoms with Gasteiger partial charge in [-0.1, -0.05) is 18.2 Å². The van der Waals surface area contributed by atoms with Gasteiger partial charge in [0.05, 0.1) is 6.61 Å². The number of nitrogens with zero attached hydrogens (tertiary/aromatic N) is 2. The second-order valence-electron chi connectivity index (χ2n) is 5.85. The van der Waals surface area contributed by atoms with E-state index in [-0.39, 0.29) is 5.82 Å². The fraction of sp³-hybridized carbons (Fsp3) is 0.250. The van der Waals surface area contributed by atoms with Gasteiger partial charge in [-0.2, -0.15) is 0 Å². The number of hydrogen-bond donors (Lipinski definition) is 0. The first-order valence-electron chi connectivity index (χ1n) is 8.04. The van der Waals surface area contributed by atoms with Gasteiger partial charge in [0.2, 0.25) is 5.88 Å². The van der Waals surface area contributed by atoms with E-state index < -0.39 is 0 Å². The van der Waals surface area contributed by atoms with Crippen LogP contribution >= 0.6 is 0 Å². The molecule has 0 N–H and O–H groups in total. The molecule has 0 spiro atoms. The highest BCUT2D eigenvalue weighted by atomic mass is 19.1. The van der Waals surface area contributed by atoms with Crippen LogP contribution in [-0.2, 0) is 13.0 Å². The Morgan fingerprint density at radius 1 is 1.21 bits per heavy atom. The summed E-state index contributed by atoms with van der Waals surface area (Å²) < 4.78 is 21.1. The van der Waals surface area contributed by atoms with Crippen molar-refractivity contribution in [3.05, 3.63) is 71.8 Å². The molecule has 24 heavy (non-hydrogen) atoms. The summed E-state index contributed by atoms with van der Waals surface area (Å²) in [6, 6.07) is 8.51. The predicted molar refractivity (Wildman–Crippen MR) is 95.0 cm³/mol. The van der Waals surface area contributed by atoms with Crippen LogP contribution in [0.15, 0.2) is 49.2 Å². The lowest BCUT2D eigenvalue weighted by molar-refractivity contribution is 0.312. The van der Waals surface area contributed by atoms with Crippen molar-refractivity contribution < 1.29 is 9.13 Å². The van der Waals surface area contributed by atoms with Crippen LogP contribution in [-0.4, -0.2) is 16.2 Å². The van der Waals surface area contributed by atoms with Gasteiger partial charge >= 0.3 is 0 Å². The minimum Gasteiger partial charge on any atom is -0.476 e. The van der Waals surface area contributed by atoms with Crippen LogP contribution in [0, 0.1) is 19.7 Å². The van der Waals surface area contributed by atoms with E-state index in [9.17, 15) is 4.39 Å². The maximum Gasteiger partial charge on any atom is 0.238 e. The summed E-state index contributed by atoms with van der Waals surface area (Å²) in [7, 11) is 0. The first-order chi connectivity index (χ1) is 11.6. The zero-order chi connectivity index (χ0) is 17.1. The van der Waals surface area contributed by atoms with Gasteiger partial charge in [0.25, 0.3) is 0 Å². The minimum atomic E-state index is -0.223. The van der Waals surface area contributed by atoms with Crippen LogP contribution in [0.4, 0.5) is 4.39 Å². The molecule has 4 heteroatoms. The van der Waals surface area contributed by atoms with Crippen LogP contribution < -0.4 is 4.74 Å². The Morgan fingerprint density at radius 2 is 1.96 bits per heavy atom. The maximum atomic E-state index is 13.0. The topological polar surface area (TPSA) is 27.1 Å². The van der Waals surface area contributed by atoms with Crippen molar-refractivity contribution in [3.8, 4) is 5.88 Å². The first kappa shape index (κ1) is 16.2. The summed E-state index contributed by atoms with van der Waals surface area (Å²) in [5, 5.41) is 1.15. The molecule has 0 fully saturated rings. The number of ether oxygens (including phenoxy) is 1. The third-order valence-corrected chi connectivity index (χ3v) is 4.37. The standard InChI is InChI=1S/C20H21FN2O/c1-4-12-23-15(3)14(2)18-9-11-22-20(19(18)23)24-13-10-16-5-7-17(21)8-6-16/h4-9,11H,1,10,12-13H2,2-3H3. The van der Waals surface area contributed by atoms with Gasteiger partial charge in [0.15, 0.2) is 0 Å². The van der Waals surface area contributed by atoms with E-state index in [0.29, 0.717) is 18.9 Å². The van der Waals surface area contributed by atoms with E-state index in [2.05, 4.69) is 30.0 Å². The molecule has 0 amide bonds. The van der Waals surface area contributed by atoms with Crippen molar-refractivity contribution in [2.75, 3.05) is 6.61 Å². The largest absolute Gasteiger partial charge is 0.476 e. The van der Waals surface area contributed by atoms with Crippen LogP contribution in [0.3, 0.4) is 0 Å². The average molecular weight is 324 g/mol. The van der Waals surface area contributed by atoms with Gasteiger partial charge in [-0.25, -0.2) is 9.37 Å². The molecule has 3 aromatic rings. The molecule has 0 saturated heterocycles. The Morgan fingerprint density at radius 3 is 2.67 bits per heavy atom. The highest BCUT2D eigenvalue weighted by Gasteiger charge is 2.15. The molecule has 2 heterocycles. The Kier molecular flexibility index (Phi) is 4.65. The summed E-state index contributed by atoms with van der Waals surface area (Å²) in [5.74, 6) is 0.409. The number of hydrogen-bond acceptors (Lipinski definition) is 2. The molecule has 0 aliphatic heterocycles. The number of fused-ring (bicyclic) bond motifs is 1. The third kappa shape index (κ3) is 3.04. The molecule has 3 nitrogen and oxygen atoms in total. The molecule has 3 rings (SSSR count). The van der Waals surface area contributed by atoms with Crippen molar-refractivity contribution in [2.24, 2.45) is 0 Å². The molecule has 0 atom stereocenters. The van der Waals surface area contributed by atoms with Gasteiger partial charge in [-0.15, -0.1) is 6.58 Å². The van der Waals surface area contributed by atoms with Gasteiger partial charge in [0, 0.05) is 30.2 Å². The lowest BCUT2D eigenvalue weighted by atomic mass is 10.1. The molecule has 0 saturated carbocycles. The molecule has 0 bridgehead atoms. The van der Waals surface area contributed by atoms with Gasteiger partial charge in [0.1, 0.15) is 11.3 Å². The van der Waals surface area contributed by atoms with Crippen molar-refractivity contribution in [3.63, 3.8) is 0 Å². The number of benzene rings is 1. The number of rotatable bonds is 6. The SMILES string of the molecule is C=CCn1c(C)c(C)c2ccnc(OCCc3ccc(F)cc3)c21. The Bertz CT molecular complexity index is 865. The van der Waals surface area contributed by atoms with E-state index in [1.54, 1.807) is 18.3 Å². The highest BCUT2D eigenvalue weighted by Crippen LogP contribution is 2.30. The molecule has 0 aliphatic rings. The van der Waals surface area contributed by atoms with Gasteiger partial charge in [-0.05, 0) is 43.2 Å². The second-order valence-corrected chi connectivity index (χ2v) is 5.85. The predicted octanol–water partition coefficient (Wildman–Crippen LogP) is 4.60. The Balaban J connectivity index is 1.85. The molecular weight excluding hydrogens is 303 g/mol. The molecule has 1 aromatic carbocycles. The summed E-state index contributed by atoms with van der Waals surface area (Å²) in [5.41, 5.74) is 4.47. The van der Waals surface area contributed by atoms with Gasteiger partial charge < -0.3 is 9.30 Å². The van der Waals surface area contributed by atoms with E-state index in [1.165, 1.54) is 23.4 Å². The Labute approximate surface area is 141 Å². The number of halogens is 1. The third-order valence-electron chi connectivity index (χ3n) is 4.37. The Hall–Kier alpha value is -2.62. The van der Waals surface area contributed by atoms with Gasteiger partial charge in [-0.3, -0.25) is 0 Å². The highest BCUT2D eigenvalue weighted by molar-refractivity contribution is 5.88. The monoisotopic (exact) mass is 324 g/mol. The summed E-state index contributed by atoms with van der Waals surface area (Å²) in [6.07, 6.45) is 4.36. The number of aromatic nitrogens is 2. The lowest BCUT2D eigenvalue weighted by Crippen LogP contribution is -2.05. The fourth-order valence-corrected chi connectivity index (χ4v) is 2.94. The van der Waals surface area contributed by atoms with Crippen molar-refractivity contribution >= 4 is 10.9 Å². The van der Waals surface area contributed by atoms with E-state index in [0.717, 1.165) is 23.0 Å². The first-order valence-corrected chi connectivity index (χ1v) is 8.04. The normalized spacial score (nSPS) is 11.0. The van der Waals surface area contributed by atoms with Crippen molar-refractivity contribution in [1.82, 2.24) is 9.55 Å². The zero-order valence-electron chi connectivity index (χ0n) is 14.1. The van der Waals surface area contributed by atoms with E-state index in [1.807, 2.05) is 12.1 Å². The van der Waals surface area contributed by atoms with Crippen molar-refractivity contribution in [2.45, 2.75) is 26.8 Å². The second kappa shape index (κ2) is 6.87. The molecule has 2 aromatic heterocycles. The van der Waals surface area contributed by atoms with Crippen LogP contribution in [0.1, 0.15) is 16.8 Å². The lowest BCUT2D eigenvalue weighted by Gasteiger charge is -2.10. The maximum absolute atomic E-state index is 13.0. The fourth-order valence-electron chi connectivity index (χ4n) is 2.94. The smallest absolute Gasteiger partial charge is 0.238 e. The number of pyridine rings is 1. The molecular formula is C20H21FN2O. The quantitative estimate of drug-likeness (QED) is 0.620. The summed E-state index contributed by atoms with van der Waals surface area (Å²) >= 11 is 0. The summed E-state index contributed by atoms with van der Waals surface area (Å²) in [6.45, 7) is 9.26. The summed E-state index contributed by atoms with van der Waals surface area (Å²) in [4.78, 5) is 4.41. The average Bonchev–Trinajstić information content (AvgIpc) is 2.83. The van der Waals surface area contributed by atoms with Crippen LogP contribution in [0.2, 0.25) is 0 Å².